The highest BCUT2D eigenvalue weighted by Gasteiger charge is 2.31. The van der Waals surface area contributed by atoms with Crippen molar-refractivity contribution in [2.24, 2.45) is 0 Å². The Bertz CT molecular complexity index is 648. The zero-order chi connectivity index (χ0) is 19.9. The average Bonchev–Trinajstić information content (AvgIpc) is 3.12. The van der Waals surface area contributed by atoms with Crippen molar-refractivity contribution in [1.82, 2.24) is 10.2 Å². The first-order valence-electron chi connectivity index (χ1n) is 9.22. The Balaban J connectivity index is 1.96. The minimum absolute atomic E-state index is 0.0870. The minimum atomic E-state index is -0.999. The predicted molar refractivity (Wildman–Crippen MR) is 99.8 cm³/mol. The first kappa shape index (κ1) is 20.7. The molecule has 1 aromatic carbocycles. The van der Waals surface area contributed by atoms with Crippen LogP contribution in [0, 0.1) is 0 Å². The van der Waals surface area contributed by atoms with Gasteiger partial charge in [-0.1, -0.05) is 30.3 Å². The monoisotopic (exact) mass is 376 g/mol. The zero-order valence-electron chi connectivity index (χ0n) is 16.2. The maximum Gasteiger partial charge on any atom is 0.408 e. The van der Waals surface area contributed by atoms with E-state index < -0.39 is 23.7 Å². The van der Waals surface area contributed by atoms with Crippen LogP contribution in [-0.4, -0.2) is 47.6 Å². The molecule has 1 aromatic rings. The van der Waals surface area contributed by atoms with Gasteiger partial charge in [-0.3, -0.25) is 9.59 Å². The van der Waals surface area contributed by atoms with E-state index in [-0.39, 0.29) is 18.9 Å². The van der Waals surface area contributed by atoms with E-state index in [9.17, 15) is 14.4 Å². The van der Waals surface area contributed by atoms with Crippen LogP contribution >= 0.6 is 0 Å². The van der Waals surface area contributed by atoms with Gasteiger partial charge in [0.05, 0.1) is 6.42 Å². The van der Waals surface area contributed by atoms with Crippen LogP contribution in [-0.2, 0) is 25.7 Å². The minimum Gasteiger partial charge on any atom is -0.460 e. The van der Waals surface area contributed by atoms with Crippen LogP contribution in [0.4, 0.5) is 4.79 Å². The van der Waals surface area contributed by atoms with Gasteiger partial charge in [-0.05, 0) is 39.2 Å². The molecule has 0 spiro atoms. The smallest absolute Gasteiger partial charge is 0.408 e. The fourth-order valence-corrected chi connectivity index (χ4v) is 2.81. The highest BCUT2D eigenvalue weighted by Crippen LogP contribution is 2.14. The van der Waals surface area contributed by atoms with Gasteiger partial charge in [0.25, 0.3) is 0 Å². The Hall–Kier alpha value is -2.57. The predicted octanol–water partition coefficient (Wildman–Crippen LogP) is 2.64. The largest absolute Gasteiger partial charge is 0.460 e. The summed E-state index contributed by atoms with van der Waals surface area (Å²) in [5, 5.41) is 2.53. The Morgan fingerprint density at radius 2 is 1.74 bits per heavy atom. The molecule has 7 nitrogen and oxygen atoms in total. The molecule has 1 unspecified atom stereocenters. The summed E-state index contributed by atoms with van der Waals surface area (Å²) in [4.78, 5) is 38.7. The Labute approximate surface area is 160 Å². The lowest BCUT2D eigenvalue weighted by Gasteiger charge is -2.25. The standard InChI is InChI=1S/C20H28N2O5/c1-20(2,3)27-17(23)13-16(18(24)22-11-7-8-12-22)21-19(25)26-14-15-9-5-4-6-10-15/h4-6,9-10,16H,7-8,11-14H2,1-3H3,(H,21,25). The van der Waals surface area contributed by atoms with E-state index in [1.165, 1.54) is 0 Å². The summed E-state index contributed by atoms with van der Waals surface area (Å²) in [5.74, 6) is -0.821. The van der Waals surface area contributed by atoms with Gasteiger partial charge in [-0.15, -0.1) is 0 Å². The van der Waals surface area contributed by atoms with Crippen molar-refractivity contribution in [2.45, 2.75) is 58.3 Å². The van der Waals surface area contributed by atoms with E-state index in [1.54, 1.807) is 25.7 Å². The fourth-order valence-electron chi connectivity index (χ4n) is 2.81. The molecule has 0 saturated carbocycles. The molecular weight excluding hydrogens is 348 g/mol. The second-order valence-electron chi connectivity index (χ2n) is 7.58. The highest BCUT2D eigenvalue weighted by molar-refractivity contribution is 5.89. The van der Waals surface area contributed by atoms with E-state index in [0.717, 1.165) is 18.4 Å². The third kappa shape index (κ3) is 7.29. The second kappa shape index (κ2) is 9.39. The van der Waals surface area contributed by atoms with Crippen molar-refractivity contribution in [3.63, 3.8) is 0 Å². The van der Waals surface area contributed by atoms with Gasteiger partial charge in [0.2, 0.25) is 5.91 Å². The molecule has 1 N–H and O–H groups in total. The van der Waals surface area contributed by atoms with Gasteiger partial charge in [0.1, 0.15) is 18.2 Å². The van der Waals surface area contributed by atoms with Crippen molar-refractivity contribution in [3.05, 3.63) is 35.9 Å². The number of likely N-dealkylation sites (tertiary alicyclic amines) is 1. The Kier molecular flexibility index (Phi) is 7.21. The van der Waals surface area contributed by atoms with Gasteiger partial charge < -0.3 is 19.7 Å². The summed E-state index contributed by atoms with van der Waals surface area (Å²) in [7, 11) is 0. The Morgan fingerprint density at radius 3 is 2.33 bits per heavy atom. The van der Waals surface area contributed by atoms with Gasteiger partial charge in [0, 0.05) is 13.1 Å². The normalized spacial score (nSPS) is 15.1. The molecule has 1 fully saturated rings. The van der Waals surface area contributed by atoms with Crippen LogP contribution in [0.5, 0.6) is 0 Å². The lowest BCUT2D eigenvalue weighted by Crippen LogP contribution is -2.49. The second-order valence-corrected chi connectivity index (χ2v) is 7.58. The summed E-state index contributed by atoms with van der Waals surface area (Å²) in [6.45, 7) is 6.61. The maximum absolute atomic E-state index is 12.7. The summed E-state index contributed by atoms with van der Waals surface area (Å²) >= 11 is 0. The molecule has 1 aliphatic heterocycles. The summed E-state index contributed by atoms with van der Waals surface area (Å²) < 4.78 is 10.5. The number of benzene rings is 1. The van der Waals surface area contributed by atoms with E-state index in [1.807, 2.05) is 30.3 Å². The van der Waals surface area contributed by atoms with Crippen LogP contribution in [0.1, 0.15) is 45.6 Å². The third-order valence-electron chi connectivity index (χ3n) is 4.01. The first-order valence-corrected chi connectivity index (χ1v) is 9.22. The van der Waals surface area contributed by atoms with Gasteiger partial charge in [-0.2, -0.15) is 0 Å². The summed E-state index contributed by atoms with van der Waals surface area (Å²) in [5.41, 5.74) is 0.175. The van der Waals surface area contributed by atoms with Crippen molar-refractivity contribution in [2.75, 3.05) is 13.1 Å². The third-order valence-corrected chi connectivity index (χ3v) is 4.01. The first-order chi connectivity index (χ1) is 12.7. The van der Waals surface area contributed by atoms with Gasteiger partial charge in [-0.25, -0.2) is 4.79 Å². The molecular formula is C20H28N2O5. The van der Waals surface area contributed by atoms with E-state index in [2.05, 4.69) is 5.32 Å². The molecule has 2 rings (SSSR count). The van der Waals surface area contributed by atoms with Crippen LogP contribution in [0.2, 0.25) is 0 Å². The topological polar surface area (TPSA) is 84.9 Å². The fraction of sp³-hybridized carbons (Fsp3) is 0.550. The van der Waals surface area contributed by atoms with Gasteiger partial charge in [0.15, 0.2) is 0 Å². The molecule has 0 aromatic heterocycles. The SMILES string of the molecule is CC(C)(C)OC(=O)CC(NC(=O)OCc1ccccc1)C(=O)N1CCCC1. The number of carbonyl (C=O) groups excluding carboxylic acids is 3. The van der Waals surface area contributed by atoms with Crippen LogP contribution in [0.15, 0.2) is 30.3 Å². The molecule has 0 aliphatic carbocycles. The number of nitrogens with one attached hydrogen (secondary N) is 1. The quantitative estimate of drug-likeness (QED) is 0.772. The average molecular weight is 376 g/mol. The van der Waals surface area contributed by atoms with Crippen molar-refractivity contribution in [1.29, 1.82) is 0 Å². The number of rotatable bonds is 6. The number of nitrogens with zero attached hydrogens (tertiary/aromatic N) is 1. The number of amides is 2. The molecule has 2 amide bonds. The molecule has 7 heteroatoms. The van der Waals surface area contributed by atoms with Crippen LogP contribution in [0.25, 0.3) is 0 Å². The molecule has 148 valence electrons. The van der Waals surface area contributed by atoms with Crippen molar-refractivity contribution < 1.29 is 23.9 Å². The lowest BCUT2D eigenvalue weighted by molar-refractivity contribution is -0.157. The molecule has 0 bridgehead atoms. The highest BCUT2D eigenvalue weighted by atomic mass is 16.6. The zero-order valence-corrected chi connectivity index (χ0v) is 16.2. The van der Waals surface area contributed by atoms with Crippen molar-refractivity contribution in [3.8, 4) is 0 Å². The number of ether oxygens (including phenoxy) is 2. The number of carbonyl (C=O) groups is 3. The summed E-state index contributed by atoms with van der Waals surface area (Å²) in [6.07, 6.45) is 0.875. The van der Waals surface area contributed by atoms with E-state index in [4.69, 9.17) is 9.47 Å². The number of alkyl carbamates (subject to hydrolysis) is 1. The Morgan fingerprint density at radius 1 is 1.11 bits per heavy atom. The maximum atomic E-state index is 12.7. The van der Waals surface area contributed by atoms with Gasteiger partial charge >= 0.3 is 12.1 Å². The van der Waals surface area contributed by atoms with E-state index in [0.29, 0.717) is 13.1 Å². The summed E-state index contributed by atoms with van der Waals surface area (Å²) in [6, 6.07) is 8.23. The number of hydrogen-bond donors (Lipinski definition) is 1. The lowest BCUT2D eigenvalue weighted by atomic mass is 10.1. The van der Waals surface area contributed by atoms with Crippen LogP contribution < -0.4 is 5.32 Å². The molecule has 27 heavy (non-hydrogen) atoms. The van der Waals surface area contributed by atoms with E-state index >= 15 is 0 Å². The molecule has 1 heterocycles. The molecule has 1 aliphatic rings. The molecule has 1 saturated heterocycles. The molecule has 0 radical (unpaired) electrons. The number of esters is 1. The molecule has 1 atom stereocenters. The van der Waals surface area contributed by atoms with Crippen LogP contribution in [0.3, 0.4) is 0 Å². The van der Waals surface area contributed by atoms with Crippen molar-refractivity contribution >= 4 is 18.0 Å². The number of hydrogen-bond acceptors (Lipinski definition) is 5.